The fourth-order valence-electron chi connectivity index (χ4n) is 5.01. The first kappa shape index (κ1) is 21.3. The molecule has 0 unspecified atom stereocenters. The van der Waals surface area contributed by atoms with Gasteiger partial charge in [0.25, 0.3) is 0 Å². The first-order valence-electron chi connectivity index (χ1n) is 11.1. The third-order valence-electron chi connectivity index (χ3n) is 6.28. The molecule has 4 heterocycles. The number of rotatable bonds is 4. The van der Waals surface area contributed by atoms with Crippen LogP contribution in [0.4, 0.5) is 5.69 Å². The van der Waals surface area contributed by atoms with Crippen molar-refractivity contribution in [3.05, 3.63) is 107 Å². The summed E-state index contributed by atoms with van der Waals surface area (Å²) in [5.74, 6) is 0. The van der Waals surface area contributed by atoms with E-state index in [2.05, 4.69) is 88.8 Å². The molecule has 0 amide bonds. The molecule has 4 aromatic rings. The third kappa shape index (κ3) is 3.80. The molecule has 1 aromatic carbocycles. The maximum absolute atomic E-state index is 5.91. The van der Waals surface area contributed by atoms with E-state index in [4.69, 9.17) is 12.2 Å². The Hall–Kier alpha value is -3.51. The van der Waals surface area contributed by atoms with Gasteiger partial charge < -0.3 is 14.8 Å². The lowest BCUT2D eigenvalue weighted by Crippen LogP contribution is -2.29. The van der Waals surface area contributed by atoms with Gasteiger partial charge in [-0.1, -0.05) is 12.1 Å². The largest absolute Gasteiger partial charge is 0.351 e. The summed E-state index contributed by atoms with van der Waals surface area (Å²) in [4.78, 5) is 11.3. The van der Waals surface area contributed by atoms with E-state index in [9.17, 15) is 0 Å². The summed E-state index contributed by atoms with van der Waals surface area (Å²) in [6.45, 7) is 8.57. The van der Waals surface area contributed by atoms with Gasteiger partial charge in [0.1, 0.15) is 0 Å². The van der Waals surface area contributed by atoms with Gasteiger partial charge in [0.05, 0.1) is 29.7 Å². The predicted octanol–water partition coefficient (Wildman–Crippen LogP) is 5.68. The highest BCUT2D eigenvalue weighted by Gasteiger charge is 2.42. The minimum absolute atomic E-state index is 0.0368. The lowest BCUT2D eigenvalue weighted by molar-refractivity contribution is 0.565. The molecule has 0 radical (unpaired) electrons. The molecule has 166 valence electrons. The average molecular weight is 454 g/mol. The molecule has 33 heavy (non-hydrogen) atoms. The molecule has 1 fully saturated rings. The molecule has 0 aliphatic carbocycles. The van der Waals surface area contributed by atoms with Crippen molar-refractivity contribution >= 4 is 23.0 Å². The minimum atomic E-state index is -0.0673. The third-order valence-corrected chi connectivity index (χ3v) is 6.59. The number of nitrogens with one attached hydrogen (secondary N) is 1. The molecule has 1 aliphatic heterocycles. The SMILES string of the molecule is Cc1cc(C)cc(N2C(=S)N[C@@H](c3ccccn3)[C@H]2c2cc(C)n(-c3cccnc3)c2C)c1. The maximum atomic E-state index is 5.91. The average Bonchev–Trinajstić information content (AvgIpc) is 3.29. The summed E-state index contributed by atoms with van der Waals surface area (Å²) in [6, 6.07) is 18.9. The van der Waals surface area contributed by atoms with Crippen molar-refractivity contribution in [3.63, 3.8) is 0 Å². The van der Waals surface area contributed by atoms with Gasteiger partial charge in [0.15, 0.2) is 5.11 Å². The number of hydrogen-bond donors (Lipinski definition) is 1. The first-order chi connectivity index (χ1) is 15.9. The van der Waals surface area contributed by atoms with Crippen molar-refractivity contribution in [1.82, 2.24) is 19.9 Å². The van der Waals surface area contributed by atoms with Gasteiger partial charge in [0, 0.05) is 29.5 Å². The number of nitrogens with zero attached hydrogens (tertiary/aromatic N) is 4. The van der Waals surface area contributed by atoms with Crippen LogP contribution in [0.3, 0.4) is 0 Å². The number of benzene rings is 1. The Bertz CT molecular complexity index is 1290. The highest BCUT2D eigenvalue weighted by atomic mass is 32.1. The van der Waals surface area contributed by atoms with Crippen LogP contribution >= 0.6 is 12.2 Å². The molecule has 3 aromatic heterocycles. The quantitative estimate of drug-likeness (QED) is 0.403. The van der Waals surface area contributed by atoms with Crippen LogP contribution in [0.2, 0.25) is 0 Å². The second-order valence-electron chi connectivity index (χ2n) is 8.72. The van der Waals surface area contributed by atoms with Crippen molar-refractivity contribution in [2.75, 3.05) is 4.90 Å². The van der Waals surface area contributed by atoms with Crippen LogP contribution in [-0.2, 0) is 0 Å². The zero-order chi connectivity index (χ0) is 23.1. The van der Waals surface area contributed by atoms with E-state index in [0.717, 1.165) is 22.8 Å². The Labute approximate surface area is 200 Å². The van der Waals surface area contributed by atoms with E-state index in [1.165, 1.54) is 22.4 Å². The number of hydrogen-bond acceptors (Lipinski definition) is 3. The molecule has 0 spiro atoms. The van der Waals surface area contributed by atoms with E-state index >= 15 is 0 Å². The molecule has 1 aliphatic rings. The zero-order valence-corrected chi connectivity index (χ0v) is 20.1. The number of thiocarbonyl (C=S) groups is 1. The van der Waals surface area contributed by atoms with Crippen LogP contribution in [0.15, 0.2) is 73.2 Å². The van der Waals surface area contributed by atoms with Crippen molar-refractivity contribution < 1.29 is 0 Å². The lowest BCUT2D eigenvalue weighted by atomic mass is 9.96. The normalized spacial score (nSPS) is 17.9. The lowest BCUT2D eigenvalue weighted by Gasteiger charge is -2.28. The summed E-state index contributed by atoms with van der Waals surface area (Å²) in [6.07, 6.45) is 5.55. The predicted molar refractivity (Wildman–Crippen MR) is 137 cm³/mol. The van der Waals surface area contributed by atoms with E-state index in [1.807, 2.05) is 30.6 Å². The summed E-state index contributed by atoms with van der Waals surface area (Å²) in [5.41, 5.74) is 9.11. The molecule has 0 saturated carbocycles. The molecule has 5 nitrogen and oxygen atoms in total. The molecule has 1 N–H and O–H groups in total. The fourth-order valence-corrected chi connectivity index (χ4v) is 5.36. The standard InChI is InChI=1S/C27H27N5S/c1-17-12-18(2)14-22(13-17)32-26(25(30-27(32)33)24-9-5-6-11-29-24)23-15-19(3)31(20(23)4)21-8-7-10-28-16-21/h5-16,25-26H,1-4H3,(H,30,33)/t25-,26+/m0/s1. The Balaban J connectivity index is 1.70. The summed E-state index contributed by atoms with van der Waals surface area (Å²) >= 11 is 5.91. The van der Waals surface area contributed by atoms with Gasteiger partial charge >= 0.3 is 0 Å². The van der Waals surface area contributed by atoms with E-state index in [1.54, 1.807) is 6.20 Å². The molecule has 0 bridgehead atoms. The highest BCUT2D eigenvalue weighted by Crippen LogP contribution is 2.44. The van der Waals surface area contributed by atoms with Gasteiger partial charge in [-0.3, -0.25) is 9.97 Å². The highest BCUT2D eigenvalue weighted by molar-refractivity contribution is 7.80. The van der Waals surface area contributed by atoms with Crippen LogP contribution in [0, 0.1) is 27.7 Å². The van der Waals surface area contributed by atoms with Gasteiger partial charge in [-0.25, -0.2) is 0 Å². The summed E-state index contributed by atoms with van der Waals surface area (Å²) in [7, 11) is 0. The number of pyridine rings is 2. The van der Waals surface area contributed by atoms with Gasteiger partial charge in [-0.2, -0.15) is 0 Å². The fraction of sp³-hybridized carbons (Fsp3) is 0.222. The van der Waals surface area contributed by atoms with Gasteiger partial charge in [-0.05, 0) is 99.1 Å². The molecular formula is C27H27N5S. The van der Waals surface area contributed by atoms with Crippen LogP contribution in [0.25, 0.3) is 5.69 Å². The Kier molecular flexibility index (Phi) is 5.46. The van der Waals surface area contributed by atoms with Crippen molar-refractivity contribution in [1.29, 1.82) is 0 Å². The zero-order valence-electron chi connectivity index (χ0n) is 19.3. The van der Waals surface area contributed by atoms with Crippen molar-refractivity contribution in [3.8, 4) is 5.69 Å². The van der Waals surface area contributed by atoms with Crippen molar-refractivity contribution in [2.24, 2.45) is 0 Å². The molecular weight excluding hydrogens is 426 g/mol. The second-order valence-corrected chi connectivity index (χ2v) is 9.10. The molecule has 6 heteroatoms. The second kappa shape index (κ2) is 8.45. The number of anilines is 1. The summed E-state index contributed by atoms with van der Waals surface area (Å²) < 4.78 is 2.26. The van der Waals surface area contributed by atoms with E-state index in [-0.39, 0.29) is 12.1 Å². The topological polar surface area (TPSA) is 46.0 Å². The van der Waals surface area contributed by atoms with Crippen LogP contribution in [0.5, 0.6) is 0 Å². The van der Waals surface area contributed by atoms with Crippen LogP contribution in [-0.4, -0.2) is 19.6 Å². The molecule has 2 atom stereocenters. The van der Waals surface area contributed by atoms with Gasteiger partial charge in [0.2, 0.25) is 0 Å². The monoisotopic (exact) mass is 453 g/mol. The van der Waals surface area contributed by atoms with E-state index in [0.29, 0.717) is 5.11 Å². The summed E-state index contributed by atoms with van der Waals surface area (Å²) in [5, 5.41) is 4.29. The minimum Gasteiger partial charge on any atom is -0.351 e. The number of aromatic nitrogens is 3. The van der Waals surface area contributed by atoms with E-state index < -0.39 is 0 Å². The smallest absolute Gasteiger partial charge is 0.174 e. The Morgan fingerprint density at radius 2 is 1.67 bits per heavy atom. The van der Waals surface area contributed by atoms with Gasteiger partial charge in [-0.15, -0.1) is 0 Å². The number of aryl methyl sites for hydroxylation is 3. The molecule has 1 saturated heterocycles. The first-order valence-corrected chi connectivity index (χ1v) is 11.5. The Morgan fingerprint density at radius 3 is 2.33 bits per heavy atom. The van der Waals surface area contributed by atoms with Crippen LogP contribution in [0.1, 0.15) is 45.9 Å². The molecule has 5 rings (SSSR count). The Morgan fingerprint density at radius 1 is 0.879 bits per heavy atom. The van der Waals surface area contributed by atoms with Crippen LogP contribution < -0.4 is 10.2 Å². The maximum Gasteiger partial charge on any atom is 0.174 e. The van der Waals surface area contributed by atoms with Crippen molar-refractivity contribution in [2.45, 2.75) is 39.8 Å².